The molecule has 0 aromatic rings. The monoisotopic (exact) mass is 294 g/mol. The molecule has 0 saturated carbocycles. The topological polar surface area (TPSA) is 90.2 Å². The fourth-order valence-corrected chi connectivity index (χ4v) is 2.11. The molecule has 0 saturated heterocycles. The molecule has 0 aromatic carbocycles. The van der Waals surface area contributed by atoms with Gasteiger partial charge in [0.15, 0.2) is 11.6 Å². The fraction of sp³-hybridized carbons (Fsp3) is 0.500. The minimum absolute atomic E-state index is 0.466. The van der Waals surface area contributed by atoms with Crippen molar-refractivity contribution < 1.29 is 25.2 Å². The number of aliphatic hydroxyl groups is 4. The second-order valence-electron chi connectivity index (χ2n) is 6.76. The zero-order valence-corrected chi connectivity index (χ0v) is 12.7. The first kappa shape index (κ1) is 16.0. The minimum Gasteiger partial charge on any atom is -0.458 e. The lowest BCUT2D eigenvalue weighted by molar-refractivity contribution is -0.180. The van der Waals surface area contributed by atoms with E-state index >= 15 is 0 Å². The van der Waals surface area contributed by atoms with Crippen molar-refractivity contribution in [3.05, 3.63) is 48.0 Å². The van der Waals surface area contributed by atoms with Crippen LogP contribution in [0.25, 0.3) is 0 Å². The van der Waals surface area contributed by atoms with Gasteiger partial charge in [0, 0.05) is 10.8 Å². The Morgan fingerprint density at radius 1 is 0.714 bits per heavy atom. The van der Waals surface area contributed by atoms with Gasteiger partial charge in [-0.15, -0.1) is 0 Å². The Bertz CT molecular complexity index is 509. The predicted molar refractivity (Wildman–Crippen MR) is 77.4 cm³/mol. The molecule has 0 amide bonds. The molecule has 0 bridgehead atoms. The summed E-state index contributed by atoms with van der Waals surface area (Å²) in [6, 6.07) is 0. The summed E-state index contributed by atoms with van der Waals surface area (Å²) in [7, 11) is 0. The van der Waals surface area contributed by atoms with Crippen LogP contribution in [0.2, 0.25) is 0 Å². The first-order chi connectivity index (χ1) is 9.36. The smallest absolute Gasteiger partial charge is 0.192 e. The van der Waals surface area contributed by atoms with E-state index in [-0.39, 0.29) is 0 Å². The van der Waals surface area contributed by atoms with Gasteiger partial charge in [-0.25, -0.2) is 0 Å². The third kappa shape index (κ3) is 2.82. The van der Waals surface area contributed by atoms with Crippen LogP contribution in [0.4, 0.5) is 0 Å². The van der Waals surface area contributed by atoms with Crippen LogP contribution in [-0.4, -0.2) is 32.0 Å². The van der Waals surface area contributed by atoms with Gasteiger partial charge in [-0.1, -0.05) is 27.7 Å². The highest BCUT2D eigenvalue weighted by atomic mass is 16.5. The van der Waals surface area contributed by atoms with Gasteiger partial charge >= 0.3 is 0 Å². The van der Waals surface area contributed by atoms with Gasteiger partial charge in [0.25, 0.3) is 0 Å². The molecule has 0 aromatic heterocycles. The molecule has 0 spiro atoms. The molecular formula is C16H22O5. The average Bonchev–Trinajstić information content (AvgIpc) is 2.29. The molecule has 0 radical (unpaired) electrons. The Hall–Kier alpha value is -1.40. The molecule has 21 heavy (non-hydrogen) atoms. The molecular weight excluding hydrogens is 272 g/mol. The molecule has 0 fully saturated rings. The SMILES string of the molecule is CC1(C)C=C(OC2=CC(C)(C)C(O)(O)C=C2)C=CC1(O)O. The molecule has 5 nitrogen and oxygen atoms in total. The molecule has 4 N–H and O–H groups in total. The number of hydrogen-bond acceptors (Lipinski definition) is 5. The lowest BCUT2D eigenvalue weighted by atomic mass is 9.79. The van der Waals surface area contributed by atoms with Gasteiger partial charge in [0.2, 0.25) is 0 Å². The van der Waals surface area contributed by atoms with E-state index in [2.05, 4.69) is 0 Å². The highest BCUT2D eigenvalue weighted by Gasteiger charge is 2.42. The molecule has 0 aliphatic heterocycles. The second-order valence-corrected chi connectivity index (χ2v) is 6.76. The van der Waals surface area contributed by atoms with Crippen molar-refractivity contribution in [2.75, 3.05) is 0 Å². The van der Waals surface area contributed by atoms with E-state index in [1.165, 1.54) is 24.3 Å². The van der Waals surface area contributed by atoms with Crippen LogP contribution < -0.4 is 0 Å². The molecule has 0 unspecified atom stereocenters. The normalized spacial score (nSPS) is 27.8. The van der Waals surface area contributed by atoms with Crippen molar-refractivity contribution in [1.29, 1.82) is 0 Å². The third-order valence-electron chi connectivity index (χ3n) is 4.10. The van der Waals surface area contributed by atoms with Gasteiger partial charge in [-0.05, 0) is 36.5 Å². The highest BCUT2D eigenvalue weighted by molar-refractivity contribution is 5.32. The summed E-state index contributed by atoms with van der Waals surface area (Å²) in [5, 5.41) is 39.4. The highest BCUT2D eigenvalue weighted by Crippen LogP contribution is 2.39. The molecule has 2 aliphatic carbocycles. The summed E-state index contributed by atoms with van der Waals surface area (Å²) in [5.41, 5.74) is -1.80. The van der Waals surface area contributed by atoms with Crippen LogP contribution in [0.5, 0.6) is 0 Å². The maximum atomic E-state index is 9.85. The Morgan fingerprint density at radius 3 is 1.33 bits per heavy atom. The van der Waals surface area contributed by atoms with E-state index in [9.17, 15) is 20.4 Å². The Kier molecular flexibility index (Phi) is 3.46. The van der Waals surface area contributed by atoms with Crippen LogP contribution in [0.1, 0.15) is 27.7 Å². The van der Waals surface area contributed by atoms with Crippen LogP contribution in [0, 0.1) is 10.8 Å². The van der Waals surface area contributed by atoms with Gasteiger partial charge in [-0.2, -0.15) is 0 Å². The fourth-order valence-electron chi connectivity index (χ4n) is 2.11. The van der Waals surface area contributed by atoms with Crippen molar-refractivity contribution in [2.24, 2.45) is 10.8 Å². The largest absolute Gasteiger partial charge is 0.458 e. The van der Waals surface area contributed by atoms with Crippen LogP contribution in [-0.2, 0) is 4.74 Å². The maximum absolute atomic E-state index is 9.85. The van der Waals surface area contributed by atoms with E-state index in [0.717, 1.165) is 0 Å². The molecule has 0 atom stereocenters. The van der Waals surface area contributed by atoms with Crippen molar-refractivity contribution in [3.63, 3.8) is 0 Å². The van der Waals surface area contributed by atoms with Crippen LogP contribution in [0.15, 0.2) is 48.0 Å². The van der Waals surface area contributed by atoms with Gasteiger partial charge in [0.1, 0.15) is 11.5 Å². The number of allylic oxidation sites excluding steroid dienone is 2. The second kappa shape index (κ2) is 4.55. The van der Waals surface area contributed by atoms with E-state index in [4.69, 9.17) is 4.74 Å². The lowest BCUT2D eigenvalue weighted by Gasteiger charge is -2.38. The first-order valence-electron chi connectivity index (χ1n) is 6.78. The van der Waals surface area contributed by atoms with Crippen molar-refractivity contribution in [3.8, 4) is 0 Å². The van der Waals surface area contributed by atoms with Gasteiger partial charge in [-0.3, -0.25) is 0 Å². The molecule has 116 valence electrons. The summed E-state index contributed by atoms with van der Waals surface area (Å²) >= 11 is 0. The third-order valence-corrected chi connectivity index (χ3v) is 4.10. The predicted octanol–water partition coefficient (Wildman–Crippen LogP) is 1.32. The van der Waals surface area contributed by atoms with Gasteiger partial charge < -0.3 is 25.2 Å². The maximum Gasteiger partial charge on any atom is 0.192 e. The quantitative estimate of drug-likeness (QED) is 0.577. The van der Waals surface area contributed by atoms with E-state index < -0.39 is 22.4 Å². The van der Waals surface area contributed by atoms with Crippen molar-refractivity contribution in [1.82, 2.24) is 0 Å². The van der Waals surface area contributed by atoms with Crippen molar-refractivity contribution >= 4 is 0 Å². The summed E-state index contributed by atoms with van der Waals surface area (Å²) in [6.07, 6.45) is 8.73. The average molecular weight is 294 g/mol. The van der Waals surface area contributed by atoms with Crippen LogP contribution in [0.3, 0.4) is 0 Å². The standard InChI is InChI=1S/C16H22O5/c1-13(2)9-11(5-7-15(13,17)18)21-12-6-8-16(19,20)14(3,4)10-12/h5-10,17-20H,1-4H3. The minimum atomic E-state index is -1.93. The van der Waals surface area contributed by atoms with Gasteiger partial charge in [0.05, 0.1) is 0 Å². The summed E-state index contributed by atoms with van der Waals surface area (Å²) in [6.45, 7) is 6.73. The molecule has 0 heterocycles. The Labute approximate surface area is 124 Å². The summed E-state index contributed by atoms with van der Waals surface area (Å²) in [5.74, 6) is -2.93. The number of rotatable bonds is 2. The zero-order valence-electron chi connectivity index (χ0n) is 12.7. The Morgan fingerprint density at radius 2 is 1.05 bits per heavy atom. The van der Waals surface area contributed by atoms with Crippen LogP contribution >= 0.6 is 0 Å². The molecule has 2 rings (SSSR count). The number of ether oxygens (including phenoxy) is 1. The zero-order chi connectivity index (χ0) is 16.1. The molecule has 2 aliphatic rings. The Balaban J connectivity index is 2.22. The lowest BCUT2D eigenvalue weighted by Crippen LogP contribution is -2.44. The van der Waals surface area contributed by atoms with Crippen molar-refractivity contribution in [2.45, 2.75) is 39.3 Å². The van der Waals surface area contributed by atoms with E-state index in [1.807, 2.05) is 0 Å². The summed E-state index contributed by atoms with van der Waals surface area (Å²) in [4.78, 5) is 0. The summed E-state index contributed by atoms with van der Waals surface area (Å²) < 4.78 is 5.69. The molecule has 5 heteroatoms. The van der Waals surface area contributed by atoms with E-state index in [0.29, 0.717) is 11.5 Å². The van der Waals surface area contributed by atoms with E-state index in [1.54, 1.807) is 39.8 Å². The first-order valence-corrected chi connectivity index (χ1v) is 6.78. The number of hydrogen-bond donors (Lipinski definition) is 4.